The average molecular weight is 263 g/mol. The Morgan fingerprint density at radius 2 is 1.95 bits per heavy atom. The molecule has 0 aliphatic rings. The molecular formula is C16H25NO2. The first-order chi connectivity index (χ1) is 8.97. The van der Waals surface area contributed by atoms with Gasteiger partial charge in [0.05, 0.1) is 0 Å². The van der Waals surface area contributed by atoms with Crippen LogP contribution in [0.1, 0.15) is 44.7 Å². The number of aryl methyl sites for hydroxylation is 2. The lowest BCUT2D eigenvalue weighted by Gasteiger charge is -2.21. The molecule has 1 N–H and O–H groups in total. The van der Waals surface area contributed by atoms with Gasteiger partial charge in [0.25, 0.3) is 5.91 Å². The van der Waals surface area contributed by atoms with Gasteiger partial charge in [-0.15, -0.1) is 0 Å². The maximum absolute atomic E-state index is 12.1. The Hall–Kier alpha value is -1.51. The van der Waals surface area contributed by atoms with Crippen molar-refractivity contribution in [2.24, 2.45) is 0 Å². The molecule has 0 aliphatic carbocycles. The van der Waals surface area contributed by atoms with E-state index in [4.69, 9.17) is 4.74 Å². The van der Waals surface area contributed by atoms with E-state index in [1.54, 1.807) is 0 Å². The summed E-state index contributed by atoms with van der Waals surface area (Å²) in [5.74, 6) is 0.758. The first-order valence-corrected chi connectivity index (χ1v) is 7.02. The van der Waals surface area contributed by atoms with E-state index in [9.17, 15) is 4.79 Å². The third-order valence-corrected chi connectivity index (χ3v) is 3.26. The van der Waals surface area contributed by atoms with Gasteiger partial charge < -0.3 is 10.1 Å². The summed E-state index contributed by atoms with van der Waals surface area (Å²) in [5, 5.41) is 2.97. The van der Waals surface area contributed by atoms with Crippen molar-refractivity contribution < 1.29 is 9.53 Å². The molecule has 0 bridgehead atoms. The van der Waals surface area contributed by atoms with Crippen molar-refractivity contribution in [3.05, 3.63) is 29.3 Å². The predicted molar refractivity (Wildman–Crippen MR) is 78.5 cm³/mol. The van der Waals surface area contributed by atoms with Crippen LogP contribution in [-0.2, 0) is 4.79 Å². The maximum atomic E-state index is 12.1. The number of rotatable bonds is 6. The van der Waals surface area contributed by atoms with Gasteiger partial charge in [-0.2, -0.15) is 0 Å². The van der Waals surface area contributed by atoms with Crippen LogP contribution in [0.2, 0.25) is 0 Å². The topological polar surface area (TPSA) is 38.3 Å². The molecule has 3 nitrogen and oxygen atoms in total. The molecule has 1 aromatic carbocycles. The minimum atomic E-state index is -0.421. The molecule has 0 heterocycles. The zero-order chi connectivity index (χ0) is 14.4. The number of hydrogen-bond donors (Lipinski definition) is 1. The highest BCUT2D eigenvalue weighted by atomic mass is 16.5. The van der Waals surface area contributed by atoms with Crippen LogP contribution in [0, 0.1) is 13.8 Å². The lowest BCUT2D eigenvalue weighted by atomic mass is 10.1. The molecule has 0 saturated heterocycles. The predicted octanol–water partition coefficient (Wildman–Crippen LogP) is 3.38. The van der Waals surface area contributed by atoms with Gasteiger partial charge in [0.2, 0.25) is 0 Å². The SMILES string of the molecule is CCC(C)NC(=O)C(CC)Oc1ccc(C)cc1C. The lowest BCUT2D eigenvalue weighted by Crippen LogP contribution is -2.42. The van der Waals surface area contributed by atoms with E-state index in [2.05, 4.69) is 18.3 Å². The number of carbonyl (C=O) groups excluding carboxylic acids is 1. The second-order valence-electron chi connectivity index (χ2n) is 5.10. The number of ether oxygens (including phenoxy) is 1. The summed E-state index contributed by atoms with van der Waals surface area (Å²) in [6.45, 7) is 10.1. The van der Waals surface area contributed by atoms with Gasteiger partial charge in [-0.3, -0.25) is 4.79 Å². The monoisotopic (exact) mass is 263 g/mol. The Bertz CT molecular complexity index is 429. The van der Waals surface area contributed by atoms with Crippen LogP contribution in [-0.4, -0.2) is 18.1 Å². The fourth-order valence-corrected chi connectivity index (χ4v) is 1.84. The molecule has 19 heavy (non-hydrogen) atoms. The average Bonchev–Trinajstić information content (AvgIpc) is 2.37. The van der Waals surface area contributed by atoms with Gasteiger partial charge in [-0.1, -0.05) is 31.5 Å². The van der Waals surface area contributed by atoms with E-state index in [1.165, 1.54) is 5.56 Å². The summed E-state index contributed by atoms with van der Waals surface area (Å²) in [6.07, 6.45) is 1.16. The quantitative estimate of drug-likeness (QED) is 0.854. The number of nitrogens with one attached hydrogen (secondary N) is 1. The normalized spacial score (nSPS) is 13.7. The van der Waals surface area contributed by atoms with Crippen molar-refractivity contribution >= 4 is 5.91 Å². The van der Waals surface area contributed by atoms with Crippen molar-refractivity contribution in [3.63, 3.8) is 0 Å². The van der Waals surface area contributed by atoms with E-state index in [-0.39, 0.29) is 11.9 Å². The molecule has 1 amide bonds. The smallest absolute Gasteiger partial charge is 0.261 e. The van der Waals surface area contributed by atoms with Gasteiger partial charge in [0, 0.05) is 6.04 Å². The van der Waals surface area contributed by atoms with E-state index >= 15 is 0 Å². The summed E-state index contributed by atoms with van der Waals surface area (Å²) in [6, 6.07) is 6.18. The Morgan fingerprint density at radius 3 is 2.47 bits per heavy atom. The van der Waals surface area contributed by atoms with E-state index in [0.29, 0.717) is 6.42 Å². The molecule has 0 aromatic heterocycles. The van der Waals surface area contributed by atoms with Gasteiger partial charge >= 0.3 is 0 Å². The Morgan fingerprint density at radius 1 is 1.26 bits per heavy atom. The van der Waals surface area contributed by atoms with Gasteiger partial charge in [-0.25, -0.2) is 0 Å². The highest BCUT2D eigenvalue weighted by molar-refractivity contribution is 5.81. The molecule has 0 saturated carbocycles. The highest BCUT2D eigenvalue weighted by Crippen LogP contribution is 2.20. The fraction of sp³-hybridized carbons (Fsp3) is 0.562. The largest absolute Gasteiger partial charge is 0.480 e. The number of amides is 1. The molecule has 0 fully saturated rings. The van der Waals surface area contributed by atoms with Crippen molar-refractivity contribution in [2.45, 2.75) is 59.6 Å². The third kappa shape index (κ3) is 4.58. The number of carbonyl (C=O) groups is 1. The molecular weight excluding hydrogens is 238 g/mol. The van der Waals surface area contributed by atoms with E-state index in [0.717, 1.165) is 17.7 Å². The molecule has 1 rings (SSSR count). The zero-order valence-corrected chi connectivity index (χ0v) is 12.6. The number of hydrogen-bond acceptors (Lipinski definition) is 2. The first kappa shape index (κ1) is 15.5. The third-order valence-electron chi connectivity index (χ3n) is 3.26. The van der Waals surface area contributed by atoms with Crippen molar-refractivity contribution in [3.8, 4) is 5.75 Å². The highest BCUT2D eigenvalue weighted by Gasteiger charge is 2.20. The fourth-order valence-electron chi connectivity index (χ4n) is 1.84. The van der Waals surface area contributed by atoms with Crippen LogP contribution in [0.3, 0.4) is 0 Å². The summed E-state index contributed by atoms with van der Waals surface area (Å²) < 4.78 is 5.84. The van der Waals surface area contributed by atoms with Crippen LogP contribution in [0.25, 0.3) is 0 Å². The first-order valence-electron chi connectivity index (χ1n) is 7.02. The van der Waals surface area contributed by atoms with Gasteiger partial charge in [0.15, 0.2) is 6.10 Å². The molecule has 2 unspecified atom stereocenters. The second kappa shape index (κ2) is 7.17. The summed E-state index contributed by atoms with van der Waals surface area (Å²) in [4.78, 5) is 12.1. The minimum absolute atomic E-state index is 0.0307. The van der Waals surface area contributed by atoms with Crippen molar-refractivity contribution in [2.75, 3.05) is 0 Å². The summed E-state index contributed by atoms with van der Waals surface area (Å²) >= 11 is 0. The number of benzene rings is 1. The summed E-state index contributed by atoms with van der Waals surface area (Å²) in [5.41, 5.74) is 2.26. The van der Waals surface area contributed by atoms with E-state index in [1.807, 2.05) is 39.8 Å². The van der Waals surface area contributed by atoms with Crippen LogP contribution >= 0.6 is 0 Å². The van der Waals surface area contributed by atoms with Crippen LogP contribution in [0.5, 0.6) is 5.75 Å². The molecule has 1 aromatic rings. The maximum Gasteiger partial charge on any atom is 0.261 e. The summed E-state index contributed by atoms with van der Waals surface area (Å²) in [7, 11) is 0. The molecule has 3 heteroatoms. The molecule has 106 valence electrons. The Labute approximate surface area is 116 Å². The van der Waals surface area contributed by atoms with Crippen LogP contribution < -0.4 is 10.1 Å². The molecule has 0 radical (unpaired) electrons. The molecule has 0 aliphatic heterocycles. The zero-order valence-electron chi connectivity index (χ0n) is 12.6. The Balaban J connectivity index is 2.73. The lowest BCUT2D eigenvalue weighted by molar-refractivity contribution is -0.128. The van der Waals surface area contributed by atoms with Crippen molar-refractivity contribution in [1.29, 1.82) is 0 Å². The second-order valence-corrected chi connectivity index (χ2v) is 5.10. The standard InChI is InChI=1S/C16H25NO2/c1-6-13(5)17-16(18)14(7-2)19-15-9-8-11(3)10-12(15)4/h8-10,13-14H,6-7H2,1-5H3,(H,17,18). The minimum Gasteiger partial charge on any atom is -0.480 e. The van der Waals surface area contributed by atoms with Gasteiger partial charge in [-0.05, 0) is 45.2 Å². The van der Waals surface area contributed by atoms with Crippen LogP contribution in [0.4, 0.5) is 0 Å². The molecule has 0 spiro atoms. The van der Waals surface area contributed by atoms with Crippen molar-refractivity contribution in [1.82, 2.24) is 5.32 Å². The Kier molecular flexibility index (Phi) is 5.87. The van der Waals surface area contributed by atoms with E-state index < -0.39 is 6.10 Å². The van der Waals surface area contributed by atoms with Gasteiger partial charge in [0.1, 0.15) is 5.75 Å². The van der Waals surface area contributed by atoms with Crippen LogP contribution in [0.15, 0.2) is 18.2 Å². The molecule has 2 atom stereocenters.